The normalized spacial score (nSPS) is 12.0. The van der Waals surface area contributed by atoms with Crippen molar-refractivity contribution < 1.29 is 14.7 Å². The quantitative estimate of drug-likeness (QED) is 0.668. The Kier molecular flexibility index (Phi) is 5.58. The number of carbonyl (C=O) groups excluding carboxylic acids is 1. The zero-order valence-corrected chi connectivity index (χ0v) is 15.1. The Hall–Kier alpha value is -2.80. The Morgan fingerprint density at radius 3 is 2.73 bits per heavy atom. The molecule has 6 nitrogen and oxygen atoms in total. The van der Waals surface area contributed by atoms with E-state index in [1.165, 1.54) is 0 Å². The number of carboxylic acid groups (broad SMARTS) is 1. The molecule has 0 fully saturated rings. The van der Waals surface area contributed by atoms with Crippen LogP contribution in [0.15, 0.2) is 42.5 Å². The van der Waals surface area contributed by atoms with E-state index >= 15 is 0 Å². The number of rotatable bonds is 7. The Labute approximate surface area is 155 Å². The van der Waals surface area contributed by atoms with Gasteiger partial charge in [0.1, 0.15) is 4.88 Å². The molecule has 1 amide bonds. The molecule has 1 aromatic heterocycles. The molecular formula is C19H19N3O3S. The van der Waals surface area contributed by atoms with Crippen LogP contribution in [0.1, 0.15) is 27.9 Å². The average molecular weight is 369 g/mol. The fourth-order valence-electron chi connectivity index (χ4n) is 2.89. The Morgan fingerprint density at radius 2 is 1.96 bits per heavy atom. The summed E-state index contributed by atoms with van der Waals surface area (Å²) in [4.78, 5) is 24.4. The van der Waals surface area contributed by atoms with Gasteiger partial charge in [0.15, 0.2) is 0 Å². The zero-order chi connectivity index (χ0) is 18.5. The number of fused-ring (bicyclic) bond motifs is 1. The van der Waals surface area contributed by atoms with Crippen molar-refractivity contribution in [1.29, 1.82) is 0 Å². The van der Waals surface area contributed by atoms with Crippen LogP contribution in [0.2, 0.25) is 0 Å². The SMILES string of the molecule is CCc1nnsc1C(=O)NCC(Cc1cccc2ccccc12)C(=O)O. The van der Waals surface area contributed by atoms with Crippen LogP contribution in [0, 0.1) is 5.92 Å². The third-order valence-electron chi connectivity index (χ3n) is 4.30. The summed E-state index contributed by atoms with van der Waals surface area (Å²) in [5.41, 5.74) is 1.59. The predicted octanol–water partition coefficient (Wildman–Crippen LogP) is 2.93. The van der Waals surface area contributed by atoms with Crippen LogP contribution in [0.4, 0.5) is 0 Å². The molecule has 1 atom stereocenters. The molecule has 3 rings (SSSR count). The first-order valence-corrected chi connectivity index (χ1v) is 9.16. The van der Waals surface area contributed by atoms with E-state index in [0.29, 0.717) is 23.4 Å². The summed E-state index contributed by atoms with van der Waals surface area (Å²) in [6.45, 7) is 1.95. The van der Waals surface area contributed by atoms with E-state index in [-0.39, 0.29) is 12.5 Å². The number of hydrogen-bond donors (Lipinski definition) is 2. The fourth-order valence-corrected chi connectivity index (χ4v) is 3.56. The Balaban J connectivity index is 1.73. The van der Waals surface area contributed by atoms with Crippen LogP contribution in [-0.4, -0.2) is 33.1 Å². The van der Waals surface area contributed by atoms with Crippen LogP contribution >= 0.6 is 11.5 Å². The highest BCUT2D eigenvalue weighted by Gasteiger charge is 2.22. The van der Waals surface area contributed by atoms with Gasteiger partial charge in [-0.15, -0.1) is 5.10 Å². The molecule has 7 heteroatoms. The molecule has 0 aliphatic rings. The van der Waals surface area contributed by atoms with Crippen molar-refractivity contribution in [2.24, 2.45) is 5.92 Å². The second-order valence-corrected chi connectivity index (χ2v) is 6.74. The van der Waals surface area contributed by atoms with Crippen LogP contribution in [0.25, 0.3) is 10.8 Å². The molecule has 0 aliphatic heterocycles. The molecule has 2 N–H and O–H groups in total. The predicted molar refractivity (Wildman–Crippen MR) is 100 cm³/mol. The fraction of sp³-hybridized carbons (Fsp3) is 0.263. The van der Waals surface area contributed by atoms with Crippen molar-refractivity contribution in [1.82, 2.24) is 14.9 Å². The molecule has 26 heavy (non-hydrogen) atoms. The van der Waals surface area contributed by atoms with Crippen molar-refractivity contribution in [3.8, 4) is 0 Å². The first kappa shape index (κ1) is 18.0. The summed E-state index contributed by atoms with van der Waals surface area (Å²) in [7, 11) is 0. The van der Waals surface area contributed by atoms with Gasteiger partial charge in [0.2, 0.25) is 0 Å². The Bertz CT molecular complexity index is 933. The number of nitrogens with zero attached hydrogens (tertiary/aromatic N) is 2. The lowest BCUT2D eigenvalue weighted by molar-refractivity contribution is -0.141. The van der Waals surface area contributed by atoms with Gasteiger partial charge >= 0.3 is 5.97 Å². The van der Waals surface area contributed by atoms with Crippen molar-refractivity contribution in [3.05, 3.63) is 58.6 Å². The number of aromatic nitrogens is 2. The van der Waals surface area contributed by atoms with Crippen molar-refractivity contribution in [2.45, 2.75) is 19.8 Å². The number of aryl methyl sites for hydroxylation is 1. The first-order chi connectivity index (χ1) is 12.6. The lowest BCUT2D eigenvalue weighted by Crippen LogP contribution is -2.34. The van der Waals surface area contributed by atoms with Crippen molar-refractivity contribution in [3.63, 3.8) is 0 Å². The smallest absolute Gasteiger partial charge is 0.308 e. The summed E-state index contributed by atoms with van der Waals surface area (Å²) in [5.74, 6) is -1.96. The minimum absolute atomic E-state index is 0.0540. The van der Waals surface area contributed by atoms with E-state index < -0.39 is 11.9 Å². The third kappa shape index (κ3) is 3.88. The number of amides is 1. The molecule has 1 heterocycles. The standard InChI is InChI=1S/C19H19N3O3S/c1-2-16-17(26-22-21-16)18(23)20-11-14(19(24)25)10-13-8-5-7-12-6-3-4-9-15(12)13/h3-9,14H,2,10-11H2,1H3,(H,20,23)(H,24,25). The third-order valence-corrected chi connectivity index (χ3v) is 5.07. The largest absolute Gasteiger partial charge is 0.481 e. The molecule has 0 saturated heterocycles. The highest BCUT2D eigenvalue weighted by Crippen LogP contribution is 2.21. The second kappa shape index (κ2) is 8.05. The topological polar surface area (TPSA) is 92.2 Å². The van der Waals surface area contributed by atoms with Gasteiger partial charge in [0, 0.05) is 6.54 Å². The van der Waals surface area contributed by atoms with Gasteiger partial charge in [-0.25, -0.2) is 0 Å². The van der Waals surface area contributed by atoms with Crippen molar-refractivity contribution in [2.75, 3.05) is 6.54 Å². The monoisotopic (exact) mass is 369 g/mol. The summed E-state index contributed by atoms with van der Waals surface area (Å²) < 4.78 is 3.79. The molecular weight excluding hydrogens is 350 g/mol. The zero-order valence-electron chi connectivity index (χ0n) is 14.3. The number of carboxylic acids is 1. The number of carbonyl (C=O) groups is 2. The van der Waals surface area contributed by atoms with Gasteiger partial charge in [-0.1, -0.05) is 53.9 Å². The lowest BCUT2D eigenvalue weighted by Gasteiger charge is -2.15. The Morgan fingerprint density at radius 1 is 1.19 bits per heavy atom. The number of aliphatic carboxylic acids is 1. The number of benzene rings is 2. The highest BCUT2D eigenvalue weighted by molar-refractivity contribution is 7.08. The summed E-state index contributed by atoms with van der Waals surface area (Å²) >= 11 is 1.03. The van der Waals surface area contributed by atoms with E-state index in [1.807, 2.05) is 49.4 Å². The molecule has 134 valence electrons. The first-order valence-electron chi connectivity index (χ1n) is 8.39. The minimum atomic E-state index is -0.934. The average Bonchev–Trinajstić information content (AvgIpc) is 3.13. The lowest BCUT2D eigenvalue weighted by atomic mass is 9.95. The van der Waals surface area contributed by atoms with Crippen molar-refractivity contribution >= 4 is 34.2 Å². The molecule has 0 radical (unpaired) electrons. The van der Waals surface area contributed by atoms with Crippen LogP contribution in [-0.2, 0) is 17.6 Å². The van der Waals surface area contributed by atoms with Crippen LogP contribution < -0.4 is 5.32 Å². The summed E-state index contributed by atoms with van der Waals surface area (Å²) in [5, 5.41) is 18.3. The molecule has 0 aliphatic carbocycles. The van der Waals surface area contributed by atoms with Gasteiger partial charge < -0.3 is 10.4 Å². The molecule has 0 spiro atoms. The molecule has 3 aromatic rings. The van der Waals surface area contributed by atoms with E-state index in [2.05, 4.69) is 14.9 Å². The number of hydrogen-bond acceptors (Lipinski definition) is 5. The summed E-state index contributed by atoms with van der Waals surface area (Å²) in [6, 6.07) is 13.7. The molecule has 0 saturated carbocycles. The molecule has 1 unspecified atom stereocenters. The maximum atomic E-state index is 12.3. The van der Waals surface area contributed by atoms with Gasteiger partial charge in [-0.05, 0) is 40.7 Å². The van der Waals surface area contributed by atoms with E-state index in [1.54, 1.807) is 0 Å². The van der Waals surface area contributed by atoms with Crippen LogP contribution in [0.5, 0.6) is 0 Å². The maximum absolute atomic E-state index is 12.3. The highest BCUT2D eigenvalue weighted by atomic mass is 32.1. The van der Waals surface area contributed by atoms with Gasteiger partial charge in [-0.2, -0.15) is 0 Å². The maximum Gasteiger partial charge on any atom is 0.308 e. The second-order valence-electron chi connectivity index (χ2n) is 5.99. The van der Waals surface area contributed by atoms with E-state index in [4.69, 9.17) is 0 Å². The van der Waals surface area contributed by atoms with Gasteiger partial charge in [-0.3, -0.25) is 9.59 Å². The van der Waals surface area contributed by atoms with E-state index in [0.717, 1.165) is 27.9 Å². The minimum Gasteiger partial charge on any atom is -0.481 e. The van der Waals surface area contributed by atoms with Crippen LogP contribution in [0.3, 0.4) is 0 Å². The molecule has 2 aromatic carbocycles. The van der Waals surface area contributed by atoms with E-state index in [9.17, 15) is 14.7 Å². The summed E-state index contributed by atoms with van der Waals surface area (Å²) in [6.07, 6.45) is 0.955. The van der Waals surface area contributed by atoms with Gasteiger partial charge in [0.25, 0.3) is 5.91 Å². The van der Waals surface area contributed by atoms with Gasteiger partial charge in [0.05, 0.1) is 11.6 Å². The molecule has 0 bridgehead atoms. The number of nitrogens with one attached hydrogen (secondary N) is 1.